The molecule has 96 valence electrons. The van der Waals surface area contributed by atoms with E-state index in [1.54, 1.807) is 7.11 Å². The van der Waals surface area contributed by atoms with Gasteiger partial charge in [-0.2, -0.15) is 0 Å². The fourth-order valence-corrected chi connectivity index (χ4v) is 0.930. The van der Waals surface area contributed by atoms with Gasteiger partial charge in [-0.15, -0.1) is 0 Å². The molecule has 0 bridgehead atoms. The normalized spacial score (nSPS) is 15.2. The van der Waals surface area contributed by atoms with E-state index in [1.165, 1.54) is 3.57 Å². The van der Waals surface area contributed by atoms with Crippen LogP contribution in [-0.4, -0.2) is 7.11 Å². The minimum atomic E-state index is -10.7. The maximum atomic E-state index is 9.87. The third kappa shape index (κ3) is 16.2. The molecule has 0 unspecified atom stereocenters. The molecule has 0 aliphatic rings. The third-order valence-corrected chi connectivity index (χ3v) is 1.77. The van der Waals surface area contributed by atoms with Crippen molar-refractivity contribution in [2.24, 2.45) is 0 Å². The van der Waals surface area contributed by atoms with E-state index in [0.29, 0.717) is 0 Å². The van der Waals surface area contributed by atoms with Crippen LogP contribution in [0.15, 0.2) is 24.3 Å². The van der Waals surface area contributed by atoms with E-state index < -0.39 is 7.81 Å². The van der Waals surface area contributed by atoms with Crippen LogP contribution in [-0.2, 0) is 0 Å². The second-order valence-corrected chi connectivity index (χ2v) is 5.78. The molecule has 0 heterocycles. The van der Waals surface area contributed by atoms with Crippen molar-refractivity contribution in [1.29, 1.82) is 0 Å². The molecule has 0 amide bonds. The van der Waals surface area contributed by atoms with Crippen molar-refractivity contribution in [2.75, 3.05) is 7.11 Å². The van der Waals surface area contributed by atoms with E-state index in [1.807, 2.05) is 24.3 Å². The molecular weight excluding hydrogens is 372 g/mol. The van der Waals surface area contributed by atoms with Gasteiger partial charge in [0.2, 0.25) is 0 Å². The van der Waals surface area contributed by atoms with Crippen LogP contribution in [0.2, 0.25) is 0 Å². The van der Waals surface area contributed by atoms with Gasteiger partial charge in [0.05, 0.1) is 7.11 Å². The summed E-state index contributed by atoms with van der Waals surface area (Å²) in [4.78, 5) is 0. The van der Waals surface area contributed by atoms with Crippen molar-refractivity contribution in [3.05, 3.63) is 27.8 Å². The van der Waals surface area contributed by atoms with E-state index in [9.17, 15) is 25.2 Å². The fourth-order valence-electron chi connectivity index (χ4n) is 0.571. The van der Waals surface area contributed by atoms with Crippen LogP contribution in [0, 0.1) is 3.57 Å². The predicted molar refractivity (Wildman–Crippen MR) is 59.3 cm³/mol. The van der Waals surface area contributed by atoms with Crippen molar-refractivity contribution >= 4 is 30.4 Å². The van der Waals surface area contributed by atoms with Crippen molar-refractivity contribution < 1.29 is 29.9 Å². The number of rotatable bonds is 1. The zero-order valence-electron chi connectivity index (χ0n) is 7.81. The average molecular weight is 379 g/mol. The van der Waals surface area contributed by atoms with Gasteiger partial charge in [0.1, 0.15) is 5.75 Å². The van der Waals surface area contributed by atoms with Crippen LogP contribution in [0.1, 0.15) is 0 Å². The van der Waals surface area contributed by atoms with Crippen molar-refractivity contribution in [2.45, 2.75) is 0 Å². The van der Waals surface area contributed by atoms with Gasteiger partial charge in [-0.1, -0.05) is 0 Å². The van der Waals surface area contributed by atoms with E-state index >= 15 is 0 Å². The number of benzene rings is 1. The number of halogens is 7. The summed E-state index contributed by atoms with van der Waals surface area (Å²) in [5.74, 6) is 0.912. The van der Waals surface area contributed by atoms with Gasteiger partial charge in [0.25, 0.3) is 0 Å². The predicted octanol–water partition coefficient (Wildman–Crippen LogP) is 5.68. The van der Waals surface area contributed by atoms with Gasteiger partial charge in [-0.25, -0.2) is 0 Å². The summed E-state index contributed by atoms with van der Waals surface area (Å²) in [5.41, 5.74) is 0. The summed E-state index contributed by atoms with van der Waals surface area (Å²) in [7, 11) is -8.99. The van der Waals surface area contributed by atoms with Gasteiger partial charge in [0, 0.05) is 3.57 Å². The minimum absolute atomic E-state index is 0.912. The molecule has 1 aromatic carbocycles. The first-order valence-electron chi connectivity index (χ1n) is 3.64. The Bertz CT molecular complexity index is 332. The summed E-state index contributed by atoms with van der Waals surface area (Å²) in [5, 5.41) is 0. The molecule has 0 spiro atoms. The van der Waals surface area contributed by atoms with Gasteiger partial charge in [-0.3, -0.25) is 0 Å². The molecule has 0 aliphatic carbocycles. The first-order valence-corrected chi connectivity index (χ1v) is 6.74. The van der Waals surface area contributed by atoms with Crippen LogP contribution in [0.3, 0.4) is 0 Å². The average Bonchev–Trinajstić information content (AvgIpc) is 2.00. The van der Waals surface area contributed by atoms with Gasteiger partial charge >= 0.3 is 33.0 Å². The molecule has 0 N–H and O–H groups in total. The Labute approximate surface area is 101 Å². The number of hydrogen-bond acceptors (Lipinski definition) is 1. The maximum absolute atomic E-state index is 10.7. The van der Waals surface area contributed by atoms with Crippen LogP contribution >= 0.6 is 30.4 Å². The zero-order chi connectivity index (χ0) is 13.1. The topological polar surface area (TPSA) is 9.23 Å². The summed E-state index contributed by atoms with van der Waals surface area (Å²) in [6.07, 6.45) is 0. The molecule has 1 nitrogen and oxygen atoms in total. The van der Waals surface area contributed by atoms with E-state index in [4.69, 9.17) is 4.74 Å². The molecule has 0 fully saturated rings. The first-order chi connectivity index (χ1) is 6.78. The van der Waals surface area contributed by atoms with Gasteiger partial charge in [-0.05, 0) is 46.9 Å². The summed E-state index contributed by atoms with van der Waals surface area (Å²) in [6, 6.07) is 7.92. The van der Waals surface area contributed by atoms with Crippen LogP contribution < -0.4 is 4.74 Å². The summed E-state index contributed by atoms with van der Waals surface area (Å²) in [6.45, 7) is 0. The van der Waals surface area contributed by atoms with Crippen molar-refractivity contribution in [3.63, 3.8) is 0 Å². The Morgan fingerprint density at radius 2 is 1.25 bits per heavy atom. The third-order valence-electron chi connectivity index (χ3n) is 1.05. The second-order valence-electron chi connectivity index (χ2n) is 2.62. The Kier molecular flexibility index (Phi) is 4.15. The molecule has 0 aliphatic heterocycles. The number of ether oxygens (including phenoxy) is 1. The Morgan fingerprint density at radius 1 is 0.938 bits per heavy atom. The fraction of sp³-hybridized carbons (Fsp3) is 0.143. The molecule has 0 atom stereocenters. The second kappa shape index (κ2) is 4.21. The molecule has 1 rings (SSSR count). The molecule has 0 aromatic heterocycles. The zero-order valence-corrected chi connectivity index (χ0v) is 10.9. The van der Waals surface area contributed by atoms with E-state index in [0.717, 1.165) is 5.75 Å². The molecule has 16 heavy (non-hydrogen) atoms. The van der Waals surface area contributed by atoms with E-state index in [-0.39, 0.29) is 0 Å². The molecule has 0 saturated heterocycles. The quantitative estimate of drug-likeness (QED) is 0.347. The van der Waals surface area contributed by atoms with Crippen LogP contribution in [0.5, 0.6) is 5.75 Å². The summed E-state index contributed by atoms with van der Waals surface area (Å²) >= 11 is 2.26. The summed E-state index contributed by atoms with van der Waals surface area (Å²) < 4.78 is 65.4. The SMILES string of the molecule is COc1ccc(I)cc1.F[P-](F)(F)(F)(F)F. The van der Waals surface area contributed by atoms with Crippen LogP contribution in [0.25, 0.3) is 0 Å². The first kappa shape index (κ1) is 15.8. The number of hydrogen-bond donors (Lipinski definition) is 0. The van der Waals surface area contributed by atoms with Gasteiger partial charge in [0.15, 0.2) is 0 Å². The Hall–Kier alpha value is -0.240. The molecule has 0 radical (unpaired) electrons. The van der Waals surface area contributed by atoms with Crippen LogP contribution in [0.4, 0.5) is 25.2 Å². The Morgan fingerprint density at radius 3 is 1.50 bits per heavy atom. The molecular formula is C7H7F6IOP-. The van der Waals surface area contributed by atoms with Crippen molar-refractivity contribution in [1.82, 2.24) is 0 Å². The molecule has 0 saturated carbocycles. The standard InChI is InChI=1S/C7H7IO.F6P/c1-9-7-4-2-6(8)3-5-7;1-7(2,3,4,5)6/h2-5H,1H3;/q;-1. The number of methoxy groups -OCH3 is 1. The van der Waals surface area contributed by atoms with E-state index in [2.05, 4.69) is 22.6 Å². The Balaban J connectivity index is 0.000000293. The monoisotopic (exact) mass is 379 g/mol. The van der Waals surface area contributed by atoms with Gasteiger partial charge < -0.3 is 4.74 Å². The van der Waals surface area contributed by atoms with Crippen molar-refractivity contribution in [3.8, 4) is 5.75 Å². The molecule has 1 aromatic rings. The molecule has 9 heteroatoms.